The van der Waals surface area contributed by atoms with Gasteiger partial charge in [0.25, 0.3) is 5.69 Å². The molecule has 19 heavy (non-hydrogen) atoms. The van der Waals surface area contributed by atoms with Gasteiger partial charge in [0.1, 0.15) is 0 Å². The predicted octanol–water partition coefficient (Wildman–Crippen LogP) is 2.10. The Balaban J connectivity index is 3.73. The van der Waals surface area contributed by atoms with Crippen LogP contribution in [0.15, 0.2) is 0 Å². The maximum absolute atomic E-state index is 11.8. The van der Waals surface area contributed by atoms with E-state index in [0.717, 1.165) is 0 Å². The molecule has 1 N–H and O–H groups in total. The largest absolute Gasteiger partial charge is 0.504 e. The van der Waals surface area contributed by atoms with Crippen molar-refractivity contribution in [3.05, 3.63) is 26.8 Å². The van der Waals surface area contributed by atoms with Gasteiger partial charge in [0, 0.05) is 11.1 Å². The fourth-order valence-corrected chi connectivity index (χ4v) is 1.76. The molecular formula is C12H15NO6. The van der Waals surface area contributed by atoms with Crippen LogP contribution >= 0.6 is 0 Å². The van der Waals surface area contributed by atoms with Gasteiger partial charge in [-0.05, 0) is 20.8 Å². The lowest BCUT2D eigenvalue weighted by Gasteiger charge is -2.14. The quantitative estimate of drug-likeness (QED) is 0.510. The Morgan fingerprint density at radius 3 is 2.37 bits per heavy atom. The molecule has 0 amide bonds. The normalized spacial score (nSPS) is 10.1. The summed E-state index contributed by atoms with van der Waals surface area (Å²) in [5, 5.41) is 21.1. The number of benzene rings is 1. The second kappa shape index (κ2) is 5.55. The van der Waals surface area contributed by atoms with Gasteiger partial charge in [0.2, 0.25) is 0 Å². The number of phenolic OH excluding ortho intramolecular Hbond substituents is 1. The van der Waals surface area contributed by atoms with Crippen LogP contribution in [0.3, 0.4) is 0 Å². The van der Waals surface area contributed by atoms with Crippen molar-refractivity contribution >= 4 is 11.7 Å². The van der Waals surface area contributed by atoms with E-state index in [0.29, 0.717) is 0 Å². The Kier molecular flexibility index (Phi) is 4.31. The van der Waals surface area contributed by atoms with Gasteiger partial charge in [0.05, 0.1) is 18.6 Å². The molecule has 1 aromatic rings. The lowest BCUT2D eigenvalue weighted by molar-refractivity contribution is -0.385. The number of methoxy groups -OCH3 is 1. The summed E-state index contributed by atoms with van der Waals surface area (Å²) in [5.41, 5.74) is -0.288. The molecule has 0 aliphatic heterocycles. The minimum Gasteiger partial charge on any atom is -0.504 e. The van der Waals surface area contributed by atoms with Crippen LogP contribution in [0.4, 0.5) is 5.69 Å². The van der Waals surface area contributed by atoms with Gasteiger partial charge in [-0.15, -0.1) is 0 Å². The molecule has 1 rings (SSSR count). The third-order valence-corrected chi connectivity index (χ3v) is 2.82. The number of carbonyl (C=O) groups excluding carboxylic acids is 1. The zero-order valence-corrected chi connectivity index (χ0v) is 11.1. The zero-order valence-electron chi connectivity index (χ0n) is 11.1. The molecule has 0 saturated carbocycles. The highest BCUT2D eigenvalue weighted by molar-refractivity contribution is 5.99. The van der Waals surface area contributed by atoms with Gasteiger partial charge in [-0.25, -0.2) is 4.79 Å². The molecule has 0 unspecified atom stereocenters. The summed E-state index contributed by atoms with van der Waals surface area (Å²) in [5.74, 6) is -1.44. The van der Waals surface area contributed by atoms with Crippen LogP contribution in [-0.2, 0) is 4.74 Å². The number of carbonyl (C=O) groups is 1. The number of phenols is 1. The van der Waals surface area contributed by atoms with Crippen molar-refractivity contribution < 1.29 is 24.3 Å². The van der Waals surface area contributed by atoms with E-state index in [4.69, 9.17) is 9.47 Å². The first-order valence-corrected chi connectivity index (χ1v) is 5.58. The van der Waals surface area contributed by atoms with Gasteiger partial charge >= 0.3 is 5.97 Å². The van der Waals surface area contributed by atoms with E-state index >= 15 is 0 Å². The highest BCUT2D eigenvalue weighted by Gasteiger charge is 2.33. The Hall–Kier alpha value is -2.31. The standard InChI is InChI=1S/C12H15NO6/c1-5-19-12(15)8-9(13(16)17)6(2)7(3)10(14)11(8)18-4/h14H,5H2,1-4H3. The Morgan fingerprint density at radius 1 is 1.37 bits per heavy atom. The van der Waals surface area contributed by atoms with E-state index < -0.39 is 16.6 Å². The lowest BCUT2D eigenvalue weighted by atomic mass is 10.0. The summed E-state index contributed by atoms with van der Waals surface area (Å²) >= 11 is 0. The van der Waals surface area contributed by atoms with Crippen molar-refractivity contribution in [2.75, 3.05) is 13.7 Å². The van der Waals surface area contributed by atoms with Crippen LogP contribution in [0.1, 0.15) is 28.4 Å². The third kappa shape index (κ3) is 2.44. The van der Waals surface area contributed by atoms with Crippen LogP contribution in [-0.4, -0.2) is 29.7 Å². The molecule has 1 aromatic carbocycles. The number of esters is 1. The van der Waals surface area contributed by atoms with E-state index in [9.17, 15) is 20.0 Å². The number of aromatic hydroxyl groups is 1. The van der Waals surface area contributed by atoms with Gasteiger partial charge in [0.15, 0.2) is 17.1 Å². The molecule has 0 atom stereocenters. The minimum absolute atomic E-state index is 0.0623. The van der Waals surface area contributed by atoms with Gasteiger partial charge in [-0.2, -0.15) is 0 Å². The SMILES string of the molecule is CCOC(=O)c1c(OC)c(O)c(C)c(C)c1[N+](=O)[O-]. The van der Waals surface area contributed by atoms with E-state index in [-0.39, 0.29) is 34.8 Å². The van der Waals surface area contributed by atoms with Gasteiger partial charge in [-0.3, -0.25) is 10.1 Å². The number of nitro groups is 1. The zero-order chi connectivity index (χ0) is 14.7. The first-order valence-electron chi connectivity index (χ1n) is 5.58. The smallest absolute Gasteiger partial charge is 0.349 e. The fraction of sp³-hybridized carbons (Fsp3) is 0.417. The van der Waals surface area contributed by atoms with Gasteiger partial charge < -0.3 is 14.6 Å². The molecule has 7 nitrogen and oxygen atoms in total. The van der Waals surface area contributed by atoms with Crippen molar-refractivity contribution in [3.63, 3.8) is 0 Å². The van der Waals surface area contributed by atoms with Crippen LogP contribution in [0.5, 0.6) is 11.5 Å². The molecular weight excluding hydrogens is 254 g/mol. The molecule has 0 fully saturated rings. The number of rotatable bonds is 4. The molecule has 7 heteroatoms. The third-order valence-electron chi connectivity index (χ3n) is 2.82. The van der Waals surface area contributed by atoms with Crippen molar-refractivity contribution in [1.82, 2.24) is 0 Å². The number of nitrogens with zero attached hydrogens (tertiary/aromatic N) is 1. The monoisotopic (exact) mass is 269 g/mol. The van der Waals surface area contributed by atoms with E-state index in [1.54, 1.807) is 6.92 Å². The summed E-state index contributed by atoms with van der Waals surface area (Å²) in [6.45, 7) is 4.61. The van der Waals surface area contributed by atoms with Gasteiger partial charge in [-0.1, -0.05) is 0 Å². The summed E-state index contributed by atoms with van der Waals surface area (Å²) in [4.78, 5) is 22.3. The fourth-order valence-electron chi connectivity index (χ4n) is 1.76. The van der Waals surface area contributed by atoms with Crippen molar-refractivity contribution in [3.8, 4) is 11.5 Å². The van der Waals surface area contributed by atoms with Crippen LogP contribution in [0.2, 0.25) is 0 Å². The molecule has 0 aliphatic carbocycles. The molecule has 0 aliphatic rings. The second-order valence-electron chi connectivity index (χ2n) is 3.83. The Labute approximate surface area is 109 Å². The van der Waals surface area contributed by atoms with Crippen LogP contribution in [0.25, 0.3) is 0 Å². The highest BCUT2D eigenvalue weighted by atomic mass is 16.6. The van der Waals surface area contributed by atoms with E-state index in [1.165, 1.54) is 21.0 Å². The number of nitro benzene ring substituents is 1. The average molecular weight is 269 g/mol. The summed E-state index contributed by atoms with van der Waals surface area (Å²) in [7, 11) is 1.22. The maximum atomic E-state index is 11.8. The van der Waals surface area contributed by atoms with E-state index in [1.807, 2.05) is 0 Å². The number of hydrogen-bond acceptors (Lipinski definition) is 6. The average Bonchev–Trinajstić information content (AvgIpc) is 2.35. The second-order valence-corrected chi connectivity index (χ2v) is 3.83. The van der Waals surface area contributed by atoms with Crippen LogP contribution in [0, 0.1) is 24.0 Å². The molecule has 104 valence electrons. The first kappa shape index (κ1) is 14.7. The molecule has 0 saturated heterocycles. The van der Waals surface area contributed by atoms with Crippen molar-refractivity contribution in [2.45, 2.75) is 20.8 Å². The number of ether oxygens (including phenoxy) is 2. The topological polar surface area (TPSA) is 98.9 Å². The summed E-state index contributed by atoms with van der Waals surface area (Å²) in [6.07, 6.45) is 0. The highest BCUT2D eigenvalue weighted by Crippen LogP contribution is 2.42. The Bertz CT molecular complexity index is 538. The molecule has 0 aromatic heterocycles. The summed E-state index contributed by atoms with van der Waals surface area (Å²) in [6, 6.07) is 0. The number of hydrogen-bond donors (Lipinski definition) is 1. The van der Waals surface area contributed by atoms with Crippen molar-refractivity contribution in [2.24, 2.45) is 0 Å². The predicted molar refractivity (Wildman–Crippen MR) is 66.7 cm³/mol. The molecule has 0 spiro atoms. The maximum Gasteiger partial charge on any atom is 0.349 e. The molecule has 0 heterocycles. The Morgan fingerprint density at radius 2 is 1.95 bits per heavy atom. The molecule has 0 radical (unpaired) electrons. The molecule has 0 bridgehead atoms. The minimum atomic E-state index is -0.899. The summed E-state index contributed by atoms with van der Waals surface area (Å²) < 4.78 is 9.69. The van der Waals surface area contributed by atoms with Crippen LogP contribution < -0.4 is 4.74 Å². The van der Waals surface area contributed by atoms with Crippen molar-refractivity contribution in [1.29, 1.82) is 0 Å². The van der Waals surface area contributed by atoms with E-state index in [2.05, 4.69) is 0 Å². The lowest BCUT2D eigenvalue weighted by Crippen LogP contribution is -2.12. The first-order chi connectivity index (χ1) is 8.86.